The number of thiazole rings is 1. The van der Waals surface area contributed by atoms with Crippen LogP contribution in [0.2, 0.25) is 0 Å². The lowest BCUT2D eigenvalue weighted by Crippen LogP contribution is -2.17. The van der Waals surface area contributed by atoms with Crippen LogP contribution >= 0.6 is 11.3 Å². The van der Waals surface area contributed by atoms with Crippen LogP contribution in [0.5, 0.6) is 0 Å². The van der Waals surface area contributed by atoms with Crippen LogP contribution in [0.3, 0.4) is 0 Å². The maximum atomic E-state index is 11.9. The van der Waals surface area contributed by atoms with Crippen LogP contribution in [-0.2, 0) is 6.54 Å². The molecule has 0 bridgehead atoms. The van der Waals surface area contributed by atoms with Gasteiger partial charge in [0, 0.05) is 30.0 Å². The topological polar surface area (TPSA) is 86.7 Å². The maximum Gasteiger partial charge on any atom is 0.250 e. The molecule has 1 fully saturated rings. The molecule has 3 heterocycles. The van der Waals surface area contributed by atoms with Crippen LogP contribution in [0.25, 0.3) is 22.1 Å². The Balaban J connectivity index is 1.72. The number of primary amides is 1. The van der Waals surface area contributed by atoms with Gasteiger partial charge >= 0.3 is 0 Å². The quantitative estimate of drug-likeness (QED) is 0.722. The van der Waals surface area contributed by atoms with Gasteiger partial charge in [0.1, 0.15) is 10.7 Å². The van der Waals surface area contributed by atoms with E-state index in [0.29, 0.717) is 11.5 Å². The summed E-state index contributed by atoms with van der Waals surface area (Å²) in [4.78, 5) is 25.1. The highest BCUT2D eigenvalue weighted by atomic mass is 32.1. The molecule has 2 N–H and O–H groups in total. The molecule has 140 valence electrons. The molecular weight excluding hydrogens is 358 g/mol. The first-order valence-electron chi connectivity index (χ1n) is 9.35. The average Bonchev–Trinajstić information content (AvgIpc) is 3.29. The van der Waals surface area contributed by atoms with Crippen molar-refractivity contribution in [2.24, 2.45) is 11.7 Å². The molecular formula is C20H23N5OS. The van der Waals surface area contributed by atoms with Crippen LogP contribution < -0.4 is 5.73 Å². The molecule has 4 rings (SSSR count). The van der Waals surface area contributed by atoms with Crippen molar-refractivity contribution in [3.8, 4) is 22.1 Å². The molecule has 1 aliphatic carbocycles. The van der Waals surface area contributed by atoms with Crippen molar-refractivity contribution < 1.29 is 4.79 Å². The number of rotatable bonds is 5. The summed E-state index contributed by atoms with van der Waals surface area (Å²) < 4.78 is 2.23. The molecule has 0 unspecified atom stereocenters. The number of amides is 1. The normalized spacial score (nSPS) is 15.1. The van der Waals surface area contributed by atoms with Crippen molar-refractivity contribution in [1.29, 1.82) is 0 Å². The third kappa shape index (κ3) is 3.64. The van der Waals surface area contributed by atoms with E-state index in [9.17, 15) is 4.79 Å². The zero-order valence-corrected chi connectivity index (χ0v) is 16.2. The first kappa shape index (κ1) is 17.9. The van der Waals surface area contributed by atoms with Gasteiger partial charge in [-0.3, -0.25) is 14.8 Å². The molecule has 1 amide bonds. The highest BCUT2D eigenvalue weighted by Crippen LogP contribution is 2.33. The molecule has 27 heavy (non-hydrogen) atoms. The number of carbonyl (C=O) groups is 1. The van der Waals surface area contributed by atoms with E-state index in [0.717, 1.165) is 34.3 Å². The summed E-state index contributed by atoms with van der Waals surface area (Å²) in [6.45, 7) is 2.88. The second-order valence-electron chi connectivity index (χ2n) is 7.14. The molecule has 0 radical (unpaired) electrons. The lowest BCUT2D eigenvalue weighted by atomic mass is 9.89. The van der Waals surface area contributed by atoms with Crippen molar-refractivity contribution >= 4 is 17.2 Å². The lowest BCUT2D eigenvalue weighted by Gasteiger charge is -2.24. The smallest absolute Gasteiger partial charge is 0.250 e. The highest BCUT2D eigenvalue weighted by Gasteiger charge is 2.22. The van der Waals surface area contributed by atoms with Crippen molar-refractivity contribution in [3.63, 3.8) is 0 Å². The van der Waals surface area contributed by atoms with Gasteiger partial charge in [-0.05, 0) is 31.7 Å². The highest BCUT2D eigenvalue weighted by molar-refractivity contribution is 7.13. The first-order chi connectivity index (χ1) is 13.1. The Kier molecular flexibility index (Phi) is 5.03. The summed E-state index contributed by atoms with van der Waals surface area (Å²) in [6.07, 6.45) is 11.4. The van der Waals surface area contributed by atoms with E-state index >= 15 is 0 Å². The Bertz CT molecular complexity index is 941. The van der Waals surface area contributed by atoms with Gasteiger partial charge < -0.3 is 10.3 Å². The van der Waals surface area contributed by atoms with Gasteiger partial charge in [0.05, 0.1) is 23.1 Å². The molecule has 1 saturated carbocycles. The van der Waals surface area contributed by atoms with Gasteiger partial charge in [0.25, 0.3) is 5.91 Å². The zero-order chi connectivity index (χ0) is 18.8. The molecule has 0 aliphatic heterocycles. The number of nitrogens with zero attached hydrogens (tertiary/aromatic N) is 4. The van der Waals surface area contributed by atoms with E-state index in [-0.39, 0.29) is 5.91 Å². The minimum absolute atomic E-state index is 0.388. The predicted octanol–water partition coefficient (Wildman–Crippen LogP) is 4.06. The molecule has 3 aromatic rings. The SMILES string of the molecule is Cc1c(C(N)=O)cc(-c2csc(-c3cnccn3)n2)n1CC1CCCCC1. The number of nitrogens with two attached hydrogens (primary N) is 1. The van der Waals surface area contributed by atoms with Crippen LogP contribution in [0, 0.1) is 12.8 Å². The largest absolute Gasteiger partial charge is 0.366 e. The minimum Gasteiger partial charge on any atom is -0.366 e. The van der Waals surface area contributed by atoms with Crippen LogP contribution in [0.15, 0.2) is 30.0 Å². The van der Waals surface area contributed by atoms with Crippen molar-refractivity contribution in [2.75, 3.05) is 0 Å². The monoisotopic (exact) mass is 381 g/mol. The zero-order valence-electron chi connectivity index (χ0n) is 15.4. The third-order valence-corrected chi connectivity index (χ3v) is 6.21. The Morgan fingerprint density at radius 1 is 1.26 bits per heavy atom. The summed E-state index contributed by atoms with van der Waals surface area (Å²) in [5.41, 5.74) is 9.69. The van der Waals surface area contributed by atoms with Crippen LogP contribution in [0.4, 0.5) is 0 Å². The summed E-state index contributed by atoms with van der Waals surface area (Å²) >= 11 is 1.53. The van der Waals surface area contributed by atoms with E-state index in [1.807, 2.05) is 18.4 Å². The molecule has 0 aromatic carbocycles. The molecule has 1 aliphatic rings. The van der Waals surface area contributed by atoms with Crippen molar-refractivity contribution in [2.45, 2.75) is 45.6 Å². The van der Waals surface area contributed by atoms with E-state index in [1.165, 1.54) is 43.4 Å². The summed E-state index contributed by atoms with van der Waals surface area (Å²) in [5.74, 6) is 0.253. The lowest BCUT2D eigenvalue weighted by molar-refractivity contribution is 0.0999. The molecule has 0 atom stereocenters. The molecule has 0 saturated heterocycles. The van der Waals surface area contributed by atoms with Gasteiger partial charge in [-0.2, -0.15) is 0 Å². The van der Waals surface area contributed by atoms with Crippen LogP contribution in [-0.4, -0.2) is 25.4 Å². The fraction of sp³-hybridized carbons (Fsp3) is 0.400. The Labute approximate surface area is 162 Å². The maximum absolute atomic E-state index is 11.9. The van der Waals surface area contributed by atoms with Crippen molar-refractivity contribution in [3.05, 3.63) is 41.3 Å². The van der Waals surface area contributed by atoms with E-state index in [4.69, 9.17) is 10.7 Å². The number of aromatic nitrogens is 4. The van der Waals surface area contributed by atoms with Gasteiger partial charge in [-0.1, -0.05) is 19.3 Å². The fourth-order valence-electron chi connectivity index (χ4n) is 3.89. The average molecular weight is 382 g/mol. The van der Waals surface area contributed by atoms with E-state index in [2.05, 4.69) is 14.5 Å². The molecule has 3 aromatic heterocycles. The second kappa shape index (κ2) is 7.60. The molecule has 0 spiro atoms. The van der Waals surface area contributed by atoms with Gasteiger partial charge in [-0.15, -0.1) is 11.3 Å². The first-order valence-corrected chi connectivity index (χ1v) is 10.2. The summed E-state index contributed by atoms with van der Waals surface area (Å²) in [7, 11) is 0. The second-order valence-corrected chi connectivity index (χ2v) is 7.99. The van der Waals surface area contributed by atoms with Crippen LogP contribution in [0.1, 0.15) is 48.2 Å². The molecule has 6 nitrogen and oxygen atoms in total. The van der Waals surface area contributed by atoms with E-state index < -0.39 is 0 Å². The number of carbonyl (C=O) groups excluding carboxylic acids is 1. The van der Waals surface area contributed by atoms with Gasteiger partial charge in [0.2, 0.25) is 0 Å². The number of hydrogen-bond donors (Lipinski definition) is 1. The Hall–Kier alpha value is -2.54. The Morgan fingerprint density at radius 3 is 2.78 bits per heavy atom. The minimum atomic E-state index is -0.388. The number of hydrogen-bond acceptors (Lipinski definition) is 5. The standard InChI is InChI=1S/C20H23N5OS/c1-13-15(19(21)26)9-18(25(13)11-14-5-3-2-4-6-14)17-12-27-20(24-17)16-10-22-7-8-23-16/h7-10,12,14H,2-6,11H2,1H3,(H2,21,26). The Morgan fingerprint density at radius 2 is 2.07 bits per heavy atom. The molecule has 7 heteroatoms. The van der Waals surface area contributed by atoms with Crippen molar-refractivity contribution in [1.82, 2.24) is 19.5 Å². The van der Waals surface area contributed by atoms with Gasteiger partial charge in [-0.25, -0.2) is 4.98 Å². The fourth-order valence-corrected chi connectivity index (χ4v) is 4.66. The third-order valence-electron chi connectivity index (χ3n) is 5.35. The predicted molar refractivity (Wildman–Crippen MR) is 106 cm³/mol. The van der Waals surface area contributed by atoms with E-state index in [1.54, 1.807) is 18.6 Å². The summed E-state index contributed by atoms with van der Waals surface area (Å²) in [6, 6.07) is 1.88. The van der Waals surface area contributed by atoms with Gasteiger partial charge in [0.15, 0.2) is 0 Å². The summed E-state index contributed by atoms with van der Waals surface area (Å²) in [5, 5.41) is 2.84.